The third kappa shape index (κ3) is 4.23. The highest BCUT2D eigenvalue weighted by molar-refractivity contribution is 9.10. The minimum atomic E-state index is -1.03. The molecule has 1 aromatic rings. The molecule has 0 aliphatic heterocycles. The number of nitrogens with zero attached hydrogens (tertiary/aromatic N) is 1. The minimum Gasteiger partial charge on any atom is -0.361 e. The number of carbonyl (C=O) groups is 1. The Bertz CT molecular complexity index is 357. The zero-order valence-corrected chi connectivity index (χ0v) is 12.6. The molecule has 0 N–H and O–H groups in total. The lowest BCUT2D eigenvalue weighted by molar-refractivity contribution is 0.0837. The normalized spacial score (nSPS) is 11.8. The summed E-state index contributed by atoms with van der Waals surface area (Å²) < 4.78 is 8.19. The Balaban J connectivity index is 2.40. The van der Waals surface area contributed by atoms with Crippen molar-refractivity contribution >= 4 is 30.3 Å². The van der Waals surface area contributed by atoms with Crippen LogP contribution in [0.15, 0.2) is 16.7 Å². The molecule has 0 saturated carbocycles. The van der Waals surface area contributed by atoms with Crippen LogP contribution in [0.5, 0.6) is 0 Å². The number of rotatable bonds is 6. The number of hydrogen-bond acceptors (Lipinski definition) is 2. The lowest BCUT2D eigenvalue weighted by Crippen LogP contribution is -2.22. The van der Waals surface area contributed by atoms with Gasteiger partial charge < -0.3 is 9.30 Å². The largest absolute Gasteiger partial charge is 0.361 e. The minimum absolute atomic E-state index is 0.449. The maximum Gasteiger partial charge on any atom is 0.167 e. The molecule has 1 aromatic heterocycles. The quantitative estimate of drug-likeness (QED) is 0.458. The first-order valence-electron chi connectivity index (χ1n) is 5.31. The van der Waals surface area contributed by atoms with E-state index >= 15 is 0 Å². The van der Waals surface area contributed by atoms with Gasteiger partial charge in [-0.15, -0.1) is 0 Å². The van der Waals surface area contributed by atoms with Crippen molar-refractivity contribution in [2.45, 2.75) is 32.4 Å². The summed E-state index contributed by atoms with van der Waals surface area (Å²) in [6.45, 7) is 8.17. The van der Waals surface area contributed by atoms with E-state index in [1.165, 1.54) is 0 Å². The van der Waals surface area contributed by atoms with E-state index in [-0.39, 0.29) is 0 Å². The monoisotopic (exact) mass is 303 g/mol. The van der Waals surface area contributed by atoms with Crippen LogP contribution in [-0.2, 0) is 11.5 Å². The molecule has 0 aliphatic rings. The smallest absolute Gasteiger partial charge is 0.167 e. The fraction of sp³-hybridized carbons (Fsp3) is 0.545. The summed E-state index contributed by atoms with van der Waals surface area (Å²) in [5, 5.41) is 0. The lowest BCUT2D eigenvalue weighted by atomic mass is 10.5. The predicted octanol–water partition coefficient (Wildman–Crippen LogP) is 3.38. The van der Waals surface area contributed by atoms with Crippen molar-refractivity contribution < 1.29 is 9.53 Å². The van der Waals surface area contributed by atoms with Gasteiger partial charge in [-0.3, -0.25) is 4.79 Å². The Hall–Kier alpha value is -0.393. The molecule has 0 radical (unpaired) electrons. The van der Waals surface area contributed by atoms with E-state index in [1.54, 1.807) is 4.57 Å². The van der Waals surface area contributed by atoms with Gasteiger partial charge >= 0.3 is 0 Å². The first kappa shape index (κ1) is 13.7. The fourth-order valence-corrected chi connectivity index (χ4v) is 2.43. The van der Waals surface area contributed by atoms with Gasteiger partial charge in [-0.1, -0.05) is 19.6 Å². The second-order valence-corrected chi connectivity index (χ2v) is 11.5. The van der Waals surface area contributed by atoms with Gasteiger partial charge in [-0.05, 0) is 28.0 Å². The Morgan fingerprint density at radius 3 is 2.75 bits per heavy atom. The van der Waals surface area contributed by atoms with Crippen LogP contribution in [0.4, 0.5) is 0 Å². The van der Waals surface area contributed by atoms with Crippen LogP contribution in [-0.4, -0.2) is 25.5 Å². The van der Waals surface area contributed by atoms with Crippen LogP contribution in [0, 0.1) is 0 Å². The third-order valence-corrected chi connectivity index (χ3v) is 4.67. The summed E-state index contributed by atoms with van der Waals surface area (Å²) in [6.07, 6.45) is 2.69. The molecule has 0 spiro atoms. The highest BCUT2D eigenvalue weighted by Gasteiger charge is 2.12. The number of aldehydes is 1. The molecule has 0 aromatic carbocycles. The molecule has 1 rings (SSSR count). The summed E-state index contributed by atoms with van der Waals surface area (Å²) in [5.41, 5.74) is 0.632. The standard InChI is InChI=1S/C11H18BrNO2Si/c1-16(2,3)7-6-15-9-13-5-4-10(12)11(13)8-14/h4-5,8H,6-7,9H2,1-3H3. The zero-order valence-electron chi connectivity index (χ0n) is 10.00. The van der Waals surface area contributed by atoms with Gasteiger partial charge in [0.15, 0.2) is 6.29 Å². The van der Waals surface area contributed by atoms with E-state index in [1.807, 2.05) is 12.3 Å². The van der Waals surface area contributed by atoms with Gasteiger partial charge in [0.2, 0.25) is 0 Å². The molecule has 3 nitrogen and oxygen atoms in total. The molecular formula is C11H18BrNO2Si. The maximum atomic E-state index is 10.8. The number of halogens is 1. The second-order valence-electron chi connectivity index (χ2n) is 4.98. The lowest BCUT2D eigenvalue weighted by Gasteiger charge is -2.15. The van der Waals surface area contributed by atoms with E-state index in [0.717, 1.165) is 23.4 Å². The van der Waals surface area contributed by atoms with E-state index < -0.39 is 8.07 Å². The van der Waals surface area contributed by atoms with Crippen LogP contribution >= 0.6 is 15.9 Å². The molecule has 0 fully saturated rings. The van der Waals surface area contributed by atoms with Crippen molar-refractivity contribution in [3.8, 4) is 0 Å². The van der Waals surface area contributed by atoms with Gasteiger partial charge in [0.05, 0.1) is 5.69 Å². The van der Waals surface area contributed by atoms with Crippen molar-refractivity contribution in [2.75, 3.05) is 6.61 Å². The molecule has 0 unspecified atom stereocenters. The molecule has 0 amide bonds. The first-order valence-corrected chi connectivity index (χ1v) is 9.81. The molecule has 0 bridgehead atoms. The van der Waals surface area contributed by atoms with E-state index in [4.69, 9.17) is 4.74 Å². The zero-order chi connectivity index (χ0) is 12.2. The average molecular weight is 304 g/mol. The molecular weight excluding hydrogens is 286 g/mol. The topological polar surface area (TPSA) is 31.2 Å². The van der Waals surface area contributed by atoms with Crippen LogP contribution in [0.25, 0.3) is 0 Å². The van der Waals surface area contributed by atoms with Crippen LogP contribution in [0.1, 0.15) is 10.5 Å². The van der Waals surface area contributed by atoms with Crippen molar-refractivity contribution in [1.29, 1.82) is 0 Å². The maximum absolute atomic E-state index is 10.8. The van der Waals surface area contributed by atoms with Gasteiger partial charge in [0.1, 0.15) is 6.73 Å². The molecule has 5 heteroatoms. The first-order chi connectivity index (χ1) is 7.44. The molecule has 1 heterocycles. The van der Waals surface area contributed by atoms with Gasteiger partial charge in [0.25, 0.3) is 0 Å². The van der Waals surface area contributed by atoms with E-state index in [0.29, 0.717) is 12.4 Å². The SMILES string of the molecule is C[Si](C)(C)CCOCn1ccc(Br)c1C=O. The van der Waals surface area contributed by atoms with Crippen molar-refractivity contribution in [3.63, 3.8) is 0 Å². The Kier molecular flexibility index (Phi) is 4.95. The molecule has 90 valence electrons. The number of ether oxygens (including phenoxy) is 1. The van der Waals surface area contributed by atoms with E-state index in [2.05, 4.69) is 35.6 Å². The van der Waals surface area contributed by atoms with Gasteiger partial charge in [0, 0.05) is 25.4 Å². The predicted molar refractivity (Wildman–Crippen MR) is 71.6 cm³/mol. The third-order valence-electron chi connectivity index (χ3n) is 2.29. The van der Waals surface area contributed by atoms with Crippen molar-refractivity contribution in [1.82, 2.24) is 4.57 Å². The van der Waals surface area contributed by atoms with Crippen LogP contribution in [0.2, 0.25) is 25.7 Å². The average Bonchev–Trinajstić information content (AvgIpc) is 2.52. The van der Waals surface area contributed by atoms with E-state index in [9.17, 15) is 4.79 Å². The molecule has 0 saturated heterocycles. The highest BCUT2D eigenvalue weighted by Crippen LogP contribution is 2.16. The summed E-state index contributed by atoms with van der Waals surface area (Å²) in [6, 6.07) is 3.00. The summed E-state index contributed by atoms with van der Waals surface area (Å²) in [7, 11) is -1.03. The van der Waals surface area contributed by atoms with Crippen molar-refractivity contribution in [3.05, 3.63) is 22.4 Å². The number of carbonyl (C=O) groups excluding carboxylic acids is 1. The molecule has 16 heavy (non-hydrogen) atoms. The Morgan fingerprint density at radius 2 is 2.19 bits per heavy atom. The van der Waals surface area contributed by atoms with Gasteiger partial charge in [-0.2, -0.15) is 0 Å². The van der Waals surface area contributed by atoms with Crippen molar-refractivity contribution in [2.24, 2.45) is 0 Å². The summed E-state index contributed by atoms with van der Waals surface area (Å²) in [4.78, 5) is 10.8. The van der Waals surface area contributed by atoms with Gasteiger partial charge in [-0.25, -0.2) is 0 Å². The van der Waals surface area contributed by atoms with Crippen LogP contribution < -0.4 is 0 Å². The second kappa shape index (κ2) is 5.79. The molecule has 0 aliphatic carbocycles. The number of hydrogen-bond donors (Lipinski definition) is 0. The summed E-state index contributed by atoms with van der Waals surface area (Å²) in [5.74, 6) is 0. The summed E-state index contributed by atoms with van der Waals surface area (Å²) >= 11 is 3.32. The highest BCUT2D eigenvalue weighted by atomic mass is 79.9. The number of aromatic nitrogens is 1. The Morgan fingerprint density at radius 1 is 1.50 bits per heavy atom. The molecule has 0 atom stereocenters. The fourth-order valence-electron chi connectivity index (χ4n) is 1.24. The van der Waals surface area contributed by atoms with Crippen LogP contribution in [0.3, 0.4) is 0 Å². The Labute approximate surface area is 106 Å².